The fraction of sp³-hybridized carbons (Fsp3) is 0.508. The first kappa shape index (κ1) is 83.6. The quantitative estimate of drug-likeness (QED) is 0.00914. The molecule has 3 heterocycles. The zero-order valence-electron chi connectivity index (χ0n) is 56.2. The molecule has 36 heteroatoms. The van der Waals surface area contributed by atoms with Crippen LogP contribution in [0.25, 0.3) is 10.9 Å². The smallest absolute Gasteiger partial charge is 0.872 e. The number of carbonyl (C=O) groups excluding carboxylic acids is 10. The molecule has 4 aromatic rings. The Morgan fingerprint density at radius 2 is 1.18 bits per heavy atom. The van der Waals surface area contributed by atoms with Crippen LogP contribution in [-0.2, 0) is 72.0 Å². The Bertz CT molecular complexity index is 3420. The van der Waals surface area contributed by atoms with Gasteiger partial charge in [0.2, 0.25) is 59.1 Å². The summed E-state index contributed by atoms with van der Waals surface area (Å²) >= 11 is 0. The van der Waals surface area contributed by atoms with Crippen molar-refractivity contribution in [2.45, 2.75) is 113 Å². The maximum atomic E-state index is 15.3. The molecule has 0 spiro atoms. The molecule has 1 aromatic heterocycles. The van der Waals surface area contributed by atoms with Crippen molar-refractivity contribution in [1.82, 2.24) is 67.1 Å². The van der Waals surface area contributed by atoms with Gasteiger partial charge in [-0.1, -0.05) is 94.4 Å². The third-order valence-corrected chi connectivity index (χ3v) is 19.0. The molecule has 33 nitrogen and oxygen atoms in total. The number of carbonyl (C=O) groups is 11. The van der Waals surface area contributed by atoms with Crippen LogP contribution in [0.2, 0.25) is 0 Å². The molecule has 0 aliphatic carbocycles. The number of carboxylic acids is 1. The molecule has 19 N–H and O–H groups in total. The first-order valence-electron chi connectivity index (χ1n) is 32.7. The molecule has 0 bridgehead atoms. The number of aliphatic hydroxyl groups is 2. The van der Waals surface area contributed by atoms with Crippen molar-refractivity contribution in [1.29, 1.82) is 5.41 Å². The van der Waals surface area contributed by atoms with E-state index in [0.29, 0.717) is 34.0 Å². The normalized spacial score (nSPS) is 21.7. The monoisotopic (exact) mass is 1640 g/mol. The van der Waals surface area contributed by atoms with Crippen molar-refractivity contribution in [3.05, 3.63) is 102 Å². The number of nitrogens with one attached hydrogen (secondary N) is 10. The number of fused-ring (bicyclic) bond motifs is 1. The Hall–Kier alpha value is -8.02. The summed E-state index contributed by atoms with van der Waals surface area (Å²) in [5.74, 6) is -12.8. The largest absolute Gasteiger partial charge is 2.00 e. The van der Waals surface area contributed by atoms with Crippen LogP contribution in [0.15, 0.2) is 85.1 Å². The molecular weight excluding hydrogens is 1550 g/mol. The number of aromatic nitrogens is 1. The number of H-pyrrole nitrogens is 1. The van der Waals surface area contributed by atoms with E-state index in [-0.39, 0.29) is 150 Å². The van der Waals surface area contributed by atoms with Gasteiger partial charge in [0, 0.05) is 107 Å². The van der Waals surface area contributed by atoms with Crippen molar-refractivity contribution < 1.29 is 78.3 Å². The maximum absolute atomic E-state index is 15.3. The minimum atomic E-state index is -1.90. The summed E-state index contributed by atoms with van der Waals surface area (Å²) in [7, 11) is 1.68. The minimum absolute atomic E-state index is 0. The molecule has 10 amide bonds. The van der Waals surface area contributed by atoms with Gasteiger partial charge in [-0.15, -0.1) is 5.75 Å². The van der Waals surface area contributed by atoms with Crippen molar-refractivity contribution in [3.63, 3.8) is 0 Å². The number of para-hydroxylation sites is 1. The molecule has 548 valence electrons. The summed E-state index contributed by atoms with van der Waals surface area (Å²) in [5, 5.41) is 84.9. The van der Waals surface area contributed by atoms with E-state index in [4.69, 9.17) is 22.6 Å². The number of hydrogen-bond donors (Lipinski definition) is 16. The zero-order valence-corrected chi connectivity index (χ0v) is 61.7. The second kappa shape index (κ2) is 42.4. The van der Waals surface area contributed by atoms with Crippen molar-refractivity contribution in [2.75, 3.05) is 96.6 Å². The Balaban J connectivity index is 0.0000184. The van der Waals surface area contributed by atoms with Gasteiger partial charge < -0.3 is 95.7 Å². The fourth-order valence-corrected chi connectivity index (χ4v) is 13.5. The first-order chi connectivity index (χ1) is 47.7. The van der Waals surface area contributed by atoms with Crippen molar-refractivity contribution in [2.24, 2.45) is 17.2 Å². The van der Waals surface area contributed by atoms with Gasteiger partial charge in [0.05, 0.1) is 31.8 Å². The summed E-state index contributed by atoms with van der Waals surface area (Å²) in [6.45, 7) is 3.08. The molecule has 0 unspecified atom stereocenters. The van der Waals surface area contributed by atoms with Crippen LogP contribution in [0.1, 0.15) is 49.8 Å². The standard InChI is InChI=1S/C65H93N17O16S2.Pb/c1-38(83)56-64(96)76-51(63(95)78-57(39(2)84)65(97)98)37-100-99-36-50(75-59(91)47(28-40-10-4-3-5-11-40)71-55(89)35-82-26-24-80(33-53(68)87)22-20-79(32-52(67)86)21-23-81(25-27-82)34-54(69)88)62(94)73-48(29-41-15-17-43(85)18-16-41)60(92)74-49(30-42-31-70-45-13-7-6-12-44(42)45)61(93)72-46(58(90)77-56)14-8-9-19-66;/h3-7,10-13,15-18,31,38-39,46-51,56-57,70,83-85H,8-9,14,19-30,32-37,66H2,1-2H3,(H2,67,86)(H2,68,87)(H2,69,88)(H,71,89)(H,72,93)(H,73,94)(H,74,92)(H,75,91)(H,76,96)(H,77,90)(H,78,95)(H,97,98);/q;+2/p-2/t38-,39-,46+,47-,48+,49-,50+,51+,56+,57+;/m1./s1. The summed E-state index contributed by atoms with van der Waals surface area (Å²) in [6.07, 6.45) is -1.88. The first-order valence-corrected chi connectivity index (χ1v) is 35.2. The van der Waals surface area contributed by atoms with Gasteiger partial charge in [-0.3, -0.25) is 67.5 Å². The SMILES string of the molecule is C[C@@H](O)[C@H](NC(=O)[C@@H]1CSSC[C@H](NC(=O)[C@@H](Cc2ccccc2)NC(=O)CN2CCN(CC(N)=O)CCN(CC(=N)[O-])CCN(CC(N)=O)CC2)C(=O)N[C@@H](Cc2ccc([O-])cc2)C(=O)N[C@H](Cc2c[nH]c3ccccc23)C(=O)N[C@@H](CCCCN)C(=O)N[C@@H]([C@@H](C)O)C(=O)N1)C(=O)O.[Pb+2]. The van der Waals surface area contributed by atoms with Gasteiger partial charge >= 0.3 is 33.3 Å². The summed E-state index contributed by atoms with van der Waals surface area (Å²) in [5.41, 5.74) is 19.2. The van der Waals surface area contributed by atoms with Gasteiger partial charge in [0.15, 0.2) is 6.04 Å². The third kappa shape index (κ3) is 28.4. The summed E-state index contributed by atoms with van der Waals surface area (Å²) < 4.78 is 0. The predicted octanol–water partition coefficient (Wildman–Crippen LogP) is -6.33. The summed E-state index contributed by atoms with van der Waals surface area (Å²) in [4.78, 5) is 165. The molecule has 0 saturated carbocycles. The number of primary amides is 2. The predicted molar refractivity (Wildman–Crippen MR) is 374 cm³/mol. The molecule has 2 fully saturated rings. The van der Waals surface area contributed by atoms with E-state index in [9.17, 15) is 63.9 Å². The number of aliphatic hydroxyl groups excluding tert-OH is 2. The molecule has 6 rings (SSSR count). The van der Waals surface area contributed by atoms with Crippen LogP contribution >= 0.6 is 21.6 Å². The van der Waals surface area contributed by atoms with Gasteiger partial charge in [-0.2, -0.15) is 0 Å². The van der Waals surface area contributed by atoms with E-state index in [1.165, 1.54) is 31.2 Å². The van der Waals surface area contributed by atoms with Gasteiger partial charge in [-0.05, 0) is 68.3 Å². The van der Waals surface area contributed by atoms with E-state index in [2.05, 4.69) is 47.5 Å². The van der Waals surface area contributed by atoms with Gasteiger partial charge in [0.25, 0.3) is 0 Å². The van der Waals surface area contributed by atoms with Crippen LogP contribution in [0.3, 0.4) is 0 Å². The number of amides is 10. The Kier molecular flexibility index (Phi) is 35.1. The number of benzene rings is 3. The Morgan fingerprint density at radius 3 is 1.74 bits per heavy atom. The minimum Gasteiger partial charge on any atom is -0.872 e. The number of unbranched alkanes of at least 4 members (excludes halogenated alkanes) is 1. The average molecular weight is 1640 g/mol. The van der Waals surface area contributed by atoms with E-state index in [1.807, 2.05) is 0 Å². The maximum Gasteiger partial charge on any atom is 2.00 e. The number of aliphatic carboxylic acids is 1. The van der Waals surface area contributed by atoms with Crippen LogP contribution < -0.4 is 69.9 Å². The second-order valence-corrected chi connectivity index (χ2v) is 27.2. The molecule has 2 aliphatic heterocycles. The van der Waals surface area contributed by atoms with Crippen molar-refractivity contribution >= 4 is 131 Å². The Labute approximate surface area is 612 Å². The van der Waals surface area contributed by atoms with Crippen LogP contribution in [-0.4, -0.2) is 295 Å². The number of hydrogen-bond acceptors (Lipinski definition) is 23. The van der Waals surface area contributed by atoms with E-state index >= 15 is 14.4 Å². The number of carboxylic acid groups (broad SMARTS) is 1. The number of nitrogens with two attached hydrogens (primary N) is 3. The van der Waals surface area contributed by atoms with Gasteiger partial charge in [0.1, 0.15) is 42.3 Å². The van der Waals surface area contributed by atoms with E-state index in [1.54, 1.807) is 80.4 Å². The molecule has 2 radical (unpaired) electrons. The zero-order chi connectivity index (χ0) is 73.0. The van der Waals surface area contributed by atoms with Crippen LogP contribution in [0.5, 0.6) is 5.75 Å². The fourth-order valence-electron chi connectivity index (χ4n) is 11.2. The molecule has 2 aliphatic rings. The summed E-state index contributed by atoms with van der Waals surface area (Å²) in [6, 6.07) is 7.79. The van der Waals surface area contributed by atoms with Crippen LogP contribution in [0.4, 0.5) is 0 Å². The number of aromatic amines is 1. The van der Waals surface area contributed by atoms with E-state index in [0.717, 1.165) is 28.5 Å². The second-order valence-electron chi connectivity index (χ2n) is 24.6. The average Bonchev–Trinajstić information content (AvgIpc) is 1.75. The molecule has 2 saturated heterocycles. The molecule has 101 heavy (non-hydrogen) atoms. The topological polar surface area (TPSA) is 521 Å². The Morgan fingerprint density at radius 1 is 0.644 bits per heavy atom. The van der Waals surface area contributed by atoms with Crippen LogP contribution in [0, 0.1) is 5.41 Å². The van der Waals surface area contributed by atoms with E-state index < -0.39 is 143 Å². The molecular formula is C65H91N17O16PbS2. The third-order valence-electron chi connectivity index (χ3n) is 16.6. The number of rotatable bonds is 26. The molecule has 10 atom stereocenters. The number of nitrogens with zero attached hydrogens (tertiary/aromatic N) is 4. The molecule has 3 aromatic carbocycles. The van der Waals surface area contributed by atoms with Crippen molar-refractivity contribution in [3.8, 4) is 5.75 Å². The van der Waals surface area contributed by atoms with Gasteiger partial charge in [-0.25, -0.2) is 4.79 Å².